The maximum absolute atomic E-state index is 6.15. The van der Waals surface area contributed by atoms with E-state index >= 15 is 0 Å². The average Bonchev–Trinajstić information content (AvgIpc) is 2.29. The van der Waals surface area contributed by atoms with Crippen molar-refractivity contribution in [2.75, 3.05) is 14.2 Å². The summed E-state index contributed by atoms with van der Waals surface area (Å²) in [6.45, 7) is 4.44. The van der Waals surface area contributed by atoms with E-state index in [1.165, 1.54) is 6.04 Å². The molecule has 0 radical (unpaired) electrons. The van der Waals surface area contributed by atoms with E-state index in [9.17, 15) is 0 Å². The second-order valence-corrected chi connectivity index (χ2v) is 8.42. The standard InChI is InChI=1S/C10H22O3Si/c1-5-14(6-2)9-7-8-10(11-3,12-4)13-14/h5-9H2,1-4H3. The van der Waals surface area contributed by atoms with E-state index in [1.807, 2.05) is 0 Å². The van der Waals surface area contributed by atoms with Crippen LogP contribution >= 0.6 is 0 Å². The normalized spacial score (nSPS) is 24.9. The second kappa shape index (κ2) is 4.75. The lowest BCUT2D eigenvalue weighted by atomic mass is 10.3. The van der Waals surface area contributed by atoms with Gasteiger partial charge in [0, 0.05) is 20.6 Å². The van der Waals surface area contributed by atoms with E-state index < -0.39 is 14.3 Å². The van der Waals surface area contributed by atoms with Crippen LogP contribution in [0.3, 0.4) is 0 Å². The summed E-state index contributed by atoms with van der Waals surface area (Å²) in [5, 5.41) is 0. The topological polar surface area (TPSA) is 27.7 Å². The first-order valence-electron chi connectivity index (χ1n) is 5.46. The highest BCUT2D eigenvalue weighted by molar-refractivity contribution is 6.73. The summed E-state index contributed by atoms with van der Waals surface area (Å²) < 4.78 is 16.9. The van der Waals surface area contributed by atoms with Gasteiger partial charge in [-0.3, -0.25) is 0 Å². The van der Waals surface area contributed by atoms with Crippen molar-refractivity contribution in [3.8, 4) is 0 Å². The van der Waals surface area contributed by atoms with Crippen LogP contribution in [0, 0.1) is 0 Å². The van der Waals surface area contributed by atoms with E-state index in [0.29, 0.717) is 0 Å². The summed E-state index contributed by atoms with van der Waals surface area (Å²) in [5.74, 6) is -0.740. The molecule has 3 nitrogen and oxygen atoms in total. The molecule has 0 aromatic rings. The highest BCUT2D eigenvalue weighted by Gasteiger charge is 2.46. The fourth-order valence-electron chi connectivity index (χ4n) is 2.18. The summed E-state index contributed by atoms with van der Waals surface area (Å²) in [6, 6.07) is 3.55. The van der Waals surface area contributed by atoms with Crippen LogP contribution in [0.4, 0.5) is 0 Å². The highest BCUT2D eigenvalue weighted by atomic mass is 28.4. The van der Waals surface area contributed by atoms with Gasteiger partial charge in [0.15, 0.2) is 8.32 Å². The van der Waals surface area contributed by atoms with Crippen molar-refractivity contribution in [2.24, 2.45) is 0 Å². The largest absolute Gasteiger partial charge is 0.369 e. The van der Waals surface area contributed by atoms with Crippen LogP contribution in [0.15, 0.2) is 0 Å². The molecule has 0 aromatic heterocycles. The fourth-order valence-corrected chi connectivity index (χ4v) is 5.53. The zero-order chi connectivity index (χ0) is 10.7. The second-order valence-electron chi connectivity index (χ2n) is 3.94. The molecule has 0 aromatic carbocycles. The third kappa shape index (κ3) is 2.19. The average molecular weight is 218 g/mol. The molecular weight excluding hydrogens is 196 g/mol. The Hall–Kier alpha value is 0.0969. The van der Waals surface area contributed by atoms with E-state index in [4.69, 9.17) is 13.9 Å². The van der Waals surface area contributed by atoms with Crippen molar-refractivity contribution in [3.63, 3.8) is 0 Å². The number of hydrogen-bond donors (Lipinski definition) is 0. The molecule has 0 spiro atoms. The van der Waals surface area contributed by atoms with Gasteiger partial charge in [-0.15, -0.1) is 0 Å². The SMILES string of the molecule is CC[Si]1(CC)CCCC(OC)(OC)O1. The molecule has 1 aliphatic heterocycles. The summed E-state index contributed by atoms with van der Waals surface area (Å²) in [4.78, 5) is 0. The Morgan fingerprint density at radius 3 is 2.21 bits per heavy atom. The van der Waals surface area contributed by atoms with Crippen LogP contribution in [0.2, 0.25) is 18.1 Å². The van der Waals surface area contributed by atoms with Crippen LogP contribution in [0.1, 0.15) is 26.7 Å². The van der Waals surface area contributed by atoms with Gasteiger partial charge in [-0.2, -0.15) is 0 Å². The van der Waals surface area contributed by atoms with Gasteiger partial charge in [0.25, 0.3) is 5.97 Å². The van der Waals surface area contributed by atoms with Gasteiger partial charge in [-0.25, -0.2) is 0 Å². The van der Waals surface area contributed by atoms with Crippen molar-refractivity contribution in [2.45, 2.75) is 50.8 Å². The van der Waals surface area contributed by atoms with Gasteiger partial charge in [0.1, 0.15) is 0 Å². The van der Waals surface area contributed by atoms with Crippen LogP contribution in [0.5, 0.6) is 0 Å². The van der Waals surface area contributed by atoms with Crippen LogP contribution in [-0.4, -0.2) is 28.5 Å². The number of hydrogen-bond acceptors (Lipinski definition) is 3. The van der Waals surface area contributed by atoms with E-state index in [0.717, 1.165) is 24.9 Å². The number of methoxy groups -OCH3 is 2. The molecule has 4 heteroatoms. The molecule has 0 atom stereocenters. The van der Waals surface area contributed by atoms with Crippen molar-refractivity contribution in [1.29, 1.82) is 0 Å². The number of ether oxygens (including phenoxy) is 2. The molecule has 1 aliphatic rings. The first kappa shape index (κ1) is 12.2. The quantitative estimate of drug-likeness (QED) is 0.536. The molecule has 1 fully saturated rings. The third-order valence-electron chi connectivity index (χ3n) is 3.40. The van der Waals surface area contributed by atoms with Crippen molar-refractivity contribution in [1.82, 2.24) is 0 Å². The smallest absolute Gasteiger partial charge is 0.272 e. The van der Waals surface area contributed by atoms with Gasteiger partial charge in [0.2, 0.25) is 0 Å². The van der Waals surface area contributed by atoms with Gasteiger partial charge in [-0.05, 0) is 24.6 Å². The Bertz CT molecular complexity index is 158. The molecule has 14 heavy (non-hydrogen) atoms. The van der Waals surface area contributed by atoms with E-state index in [2.05, 4.69) is 13.8 Å². The van der Waals surface area contributed by atoms with Crippen molar-refractivity contribution >= 4 is 8.32 Å². The lowest BCUT2D eigenvalue weighted by Crippen LogP contribution is -2.53. The molecule has 0 saturated carbocycles. The molecule has 1 saturated heterocycles. The van der Waals surface area contributed by atoms with Gasteiger partial charge in [-0.1, -0.05) is 13.8 Å². The minimum Gasteiger partial charge on any atom is -0.369 e. The zero-order valence-electron chi connectivity index (χ0n) is 9.76. The monoisotopic (exact) mass is 218 g/mol. The highest BCUT2D eigenvalue weighted by Crippen LogP contribution is 2.38. The molecular formula is C10H22O3Si. The number of rotatable bonds is 4. The van der Waals surface area contributed by atoms with E-state index in [1.54, 1.807) is 14.2 Å². The van der Waals surface area contributed by atoms with Crippen molar-refractivity contribution in [3.05, 3.63) is 0 Å². The lowest BCUT2D eigenvalue weighted by molar-refractivity contribution is -0.336. The molecule has 0 bridgehead atoms. The van der Waals surface area contributed by atoms with Gasteiger partial charge >= 0.3 is 0 Å². The summed E-state index contributed by atoms with van der Waals surface area (Å²) >= 11 is 0. The Kier molecular flexibility index (Phi) is 4.12. The molecule has 1 rings (SSSR count). The maximum atomic E-state index is 6.15. The third-order valence-corrected chi connectivity index (χ3v) is 7.98. The Morgan fingerprint density at radius 1 is 1.21 bits per heavy atom. The minimum atomic E-state index is -1.56. The summed E-state index contributed by atoms with van der Waals surface area (Å²) in [7, 11) is 1.77. The first-order chi connectivity index (χ1) is 6.66. The van der Waals surface area contributed by atoms with Crippen LogP contribution in [0.25, 0.3) is 0 Å². The lowest BCUT2D eigenvalue weighted by Gasteiger charge is -2.44. The summed E-state index contributed by atoms with van der Waals surface area (Å²) in [5.41, 5.74) is 0. The molecule has 0 amide bonds. The van der Waals surface area contributed by atoms with Crippen LogP contribution in [-0.2, 0) is 13.9 Å². The zero-order valence-corrected chi connectivity index (χ0v) is 10.8. The van der Waals surface area contributed by atoms with E-state index in [-0.39, 0.29) is 0 Å². The van der Waals surface area contributed by atoms with Gasteiger partial charge in [0.05, 0.1) is 0 Å². The molecule has 84 valence electrons. The molecule has 1 heterocycles. The van der Waals surface area contributed by atoms with Crippen LogP contribution < -0.4 is 0 Å². The first-order valence-corrected chi connectivity index (χ1v) is 7.99. The predicted molar refractivity (Wildman–Crippen MR) is 58.6 cm³/mol. The summed E-state index contributed by atoms with van der Waals surface area (Å²) in [6.07, 6.45) is 2.02. The fraction of sp³-hybridized carbons (Fsp3) is 1.00. The molecule has 0 N–H and O–H groups in total. The van der Waals surface area contributed by atoms with Gasteiger partial charge < -0.3 is 13.9 Å². The predicted octanol–water partition coefficient (Wildman–Crippen LogP) is 2.73. The molecule has 0 aliphatic carbocycles. The Morgan fingerprint density at radius 2 is 1.79 bits per heavy atom. The maximum Gasteiger partial charge on any atom is 0.272 e. The Labute approximate surface area is 87.9 Å². The Balaban J connectivity index is 2.75. The minimum absolute atomic E-state index is 0.740. The molecule has 0 unspecified atom stereocenters. The van der Waals surface area contributed by atoms with Crippen molar-refractivity contribution < 1.29 is 13.9 Å².